The molecule has 3 aromatic carbocycles. The van der Waals surface area contributed by atoms with Crippen molar-refractivity contribution >= 4 is 15.9 Å². The molecule has 0 radical (unpaired) electrons. The Balaban J connectivity index is 1.64. The summed E-state index contributed by atoms with van der Waals surface area (Å²) in [5, 5.41) is 3.63. The van der Waals surface area contributed by atoms with Gasteiger partial charge in [0.15, 0.2) is 11.5 Å². The van der Waals surface area contributed by atoms with Crippen LogP contribution >= 0.6 is 15.9 Å². The Bertz CT molecular complexity index is 991. The number of fused-ring (bicyclic) bond motifs is 1. The van der Waals surface area contributed by atoms with Crippen LogP contribution in [0.2, 0.25) is 0 Å². The van der Waals surface area contributed by atoms with Gasteiger partial charge in [-0.25, -0.2) is 0 Å². The lowest BCUT2D eigenvalue weighted by Gasteiger charge is -2.29. The van der Waals surface area contributed by atoms with Crippen molar-refractivity contribution in [1.82, 2.24) is 5.32 Å². The molecule has 29 heavy (non-hydrogen) atoms. The third kappa shape index (κ3) is 4.26. The van der Waals surface area contributed by atoms with Gasteiger partial charge in [0.1, 0.15) is 12.4 Å². The maximum atomic E-state index is 6.05. The van der Waals surface area contributed by atoms with Gasteiger partial charge in [0, 0.05) is 11.0 Å². The van der Waals surface area contributed by atoms with Crippen LogP contribution in [0.25, 0.3) is 0 Å². The fourth-order valence-corrected chi connectivity index (χ4v) is 4.28. The fraction of sp³-hybridized carbons (Fsp3) is 0.250. The summed E-state index contributed by atoms with van der Waals surface area (Å²) >= 11 is 3.75. The first-order chi connectivity index (χ1) is 14.2. The van der Waals surface area contributed by atoms with Crippen molar-refractivity contribution in [1.29, 1.82) is 0 Å². The zero-order chi connectivity index (χ0) is 20.2. The zero-order valence-electron chi connectivity index (χ0n) is 16.6. The Labute approximate surface area is 179 Å². The summed E-state index contributed by atoms with van der Waals surface area (Å²) in [4.78, 5) is 0. The monoisotopic (exact) mass is 453 g/mol. The van der Waals surface area contributed by atoms with Crippen LogP contribution in [0.3, 0.4) is 0 Å². The summed E-state index contributed by atoms with van der Waals surface area (Å²) in [6.07, 6.45) is 0.982. The van der Waals surface area contributed by atoms with Crippen LogP contribution in [0, 0.1) is 0 Å². The van der Waals surface area contributed by atoms with Crippen molar-refractivity contribution in [3.8, 4) is 17.2 Å². The first-order valence-corrected chi connectivity index (χ1v) is 10.4. The van der Waals surface area contributed by atoms with E-state index in [0.29, 0.717) is 6.61 Å². The standard InChI is InChI=1S/C24H24BrNO3/c1-27-18-8-9-19-17(12-18)10-11-26-24(19)20-13-22(28-2)23(14-21(20)25)29-15-16-6-4-3-5-7-16/h3-9,12-14,24,26H,10-11,15H2,1-2H3. The zero-order valence-corrected chi connectivity index (χ0v) is 18.2. The highest BCUT2D eigenvalue weighted by Gasteiger charge is 2.25. The fourth-order valence-electron chi connectivity index (χ4n) is 3.73. The average molecular weight is 454 g/mol. The van der Waals surface area contributed by atoms with E-state index in [4.69, 9.17) is 14.2 Å². The highest BCUT2D eigenvalue weighted by Crippen LogP contribution is 2.40. The molecule has 0 amide bonds. The minimum Gasteiger partial charge on any atom is -0.497 e. The Hall–Kier alpha value is -2.50. The van der Waals surface area contributed by atoms with Crippen LogP contribution in [-0.2, 0) is 13.0 Å². The number of methoxy groups -OCH3 is 2. The van der Waals surface area contributed by atoms with E-state index in [2.05, 4.69) is 39.4 Å². The molecule has 4 rings (SSSR count). The van der Waals surface area contributed by atoms with E-state index in [1.54, 1.807) is 14.2 Å². The average Bonchev–Trinajstić information content (AvgIpc) is 2.77. The van der Waals surface area contributed by atoms with Crippen LogP contribution in [-0.4, -0.2) is 20.8 Å². The number of halogens is 1. The molecular formula is C24H24BrNO3. The number of nitrogens with one attached hydrogen (secondary N) is 1. The smallest absolute Gasteiger partial charge is 0.162 e. The highest BCUT2D eigenvalue weighted by atomic mass is 79.9. The SMILES string of the molecule is COc1ccc2c(c1)CCNC2c1cc(OC)c(OCc2ccccc2)cc1Br. The van der Waals surface area contributed by atoms with Crippen LogP contribution in [0.15, 0.2) is 65.1 Å². The van der Waals surface area contributed by atoms with Gasteiger partial charge in [0.2, 0.25) is 0 Å². The van der Waals surface area contributed by atoms with Gasteiger partial charge in [-0.05, 0) is 52.9 Å². The summed E-state index contributed by atoms with van der Waals surface area (Å²) < 4.78 is 18.1. The first-order valence-electron chi connectivity index (χ1n) is 9.64. The second-order valence-electron chi connectivity index (χ2n) is 7.00. The molecule has 0 bridgehead atoms. The molecule has 1 atom stereocenters. The topological polar surface area (TPSA) is 39.7 Å². The minimum atomic E-state index is 0.0797. The predicted octanol–water partition coefficient (Wildman–Crippen LogP) is 5.28. The minimum absolute atomic E-state index is 0.0797. The second kappa shape index (κ2) is 8.89. The van der Waals surface area contributed by atoms with E-state index in [9.17, 15) is 0 Å². The quantitative estimate of drug-likeness (QED) is 0.550. The predicted molar refractivity (Wildman–Crippen MR) is 118 cm³/mol. The Morgan fingerprint density at radius 2 is 1.76 bits per heavy atom. The molecule has 0 aromatic heterocycles. The normalized spacial score (nSPS) is 15.5. The molecule has 1 unspecified atom stereocenters. The van der Waals surface area contributed by atoms with Gasteiger partial charge in [-0.1, -0.05) is 52.3 Å². The lowest BCUT2D eigenvalue weighted by molar-refractivity contribution is 0.284. The van der Waals surface area contributed by atoms with Gasteiger partial charge in [-0.3, -0.25) is 0 Å². The van der Waals surface area contributed by atoms with E-state index in [1.807, 2.05) is 42.5 Å². The van der Waals surface area contributed by atoms with E-state index in [0.717, 1.165) is 45.8 Å². The molecule has 150 valence electrons. The van der Waals surface area contributed by atoms with Crippen LogP contribution < -0.4 is 19.5 Å². The van der Waals surface area contributed by atoms with Crippen molar-refractivity contribution in [3.05, 3.63) is 87.4 Å². The molecule has 0 fully saturated rings. The molecule has 4 nitrogen and oxygen atoms in total. The molecule has 0 saturated carbocycles. The van der Waals surface area contributed by atoms with Gasteiger partial charge >= 0.3 is 0 Å². The van der Waals surface area contributed by atoms with Crippen molar-refractivity contribution in [2.45, 2.75) is 19.1 Å². The number of hydrogen-bond donors (Lipinski definition) is 1. The summed E-state index contributed by atoms with van der Waals surface area (Å²) in [5.41, 5.74) is 4.81. The third-order valence-corrected chi connectivity index (χ3v) is 5.92. The first kappa shape index (κ1) is 19.8. The van der Waals surface area contributed by atoms with Crippen molar-refractivity contribution in [2.24, 2.45) is 0 Å². The molecule has 1 heterocycles. The molecule has 0 spiro atoms. The molecule has 1 aliphatic rings. The maximum absolute atomic E-state index is 6.05. The maximum Gasteiger partial charge on any atom is 0.162 e. The molecule has 0 saturated heterocycles. The molecule has 1 N–H and O–H groups in total. The summed E-state index contributed by atoms with van der Waals surface area (Å²) in [6.45, 7) is 1.40. The Morgan fingerprint density at radius 1 is 0.931 bits per heavy atom. The van der Waals surface area contributed by atoms with Gasteiger partial charge in [-0.2, -0.15) is 0 Å². The third-order valence-electron chi connectivity index (χ3n) is 5.24. The van der Waals surface area contributed by atoms with Gasteiger partial charge < -0.3 is 19.5 Å². The summed E-state index contributed by atoms with van der Waals surface area (Å²) in [6, 6.07) is 20.5. The Morgan fingerprint density at radius 3 is 2.52 bits per heavy atom. The van der Waals surface area contributed by atoms with Gasteiger partial charge in [0.05, 0.1) is 20.3 Å². The molecule has 3 aromatic rings. The molecular weight excluding hydrogens is 430 g/mol. The second-order valence-corrected chi connectivity index (χ2v) is 7.86. The lowest BCUT2D eigenvalue weighted by atomic mass is 9.89. The van der Waals surface area contributed by atoms with Crippen molar-refractivity contribution in [2.75, 3.05) is 20.8 Å². The van der Waals surface area contributed by atoms with Crippen LogP contribution in [0.4, 0.5) is 0 Å². The largest absolute Gasteiger partial charge is 0.497 e. The van der Waals surface area contributed by atoms with E-state index < -0.39 is 0 Å². The Kier molecular flexibility index (Phi) is 6.07. The highest BCUT2D eigenvalue weighted by molar-refractivity contribution is 9.10. The van der Waals surface area contributed by atoms with Crippen molar-refractivity contribution < 1.29 is 14.2 Å². The number of rotatable bonds is 6. The van der Waals surface area contributed by atoms with E-state index >= 15 is 0 Å². The summed E-state index contributed by atoms with van der Waals surface area (Å²) in [7, 11) is 3.38. The van der Waals surface area contributed by atoms with E-state index in [1.165, 1.54) is 11.1 Å². The number of ether oxygens (including phenoxy) is 3. The van der Waals surface area contributed by atoms with Crippen LogP contribution in [0.1, 0.15) is 28.3 Å². The lowest BCUT2D eigenvalue weighted by Crippen LogP contribution is -2.30. The van der Waals surface area contributed by atoms with E-state index in [-0.39, 0.29) is 6.04 Å². The number of benzene rings is 3. The molecule has 0 aliphatic carbocycles. The van der Waals surface area contributed by atoms with Crippen LogP contribution in [0.5, 0.6) is 17.2 Å². The van der Waals surface area contributed by atoms with Crippen molar-refractivity contribution in [3.63, 3.8) is 0 Å². The van der Waals surface area contributed by atoms with Gasteiger partial charge in [-0.15, -0.1) is 0 Å². The molecule has 1 aliphatic heterocycles. The number of hydrogen-bond acceptors (Lipinski definition) is 4. The molecule has 5 heteroatoms. The van der Waals surface area contributed by atoms with Gasteiger partial charge in [0.25, 0.3) is 0 Å². The summed E-state index contributed by atoms with van der Waals surface area (Å²) in [5.74, 6) is 2.34.